The summed E-state index contributed by atoms with van der Waals surface area (Å²) in [7, 11) is -3.77. The topological polar surface area (TPSA) is 232 Å². The molecule has 0 bridgehead atoms. The Morgan fingerprint density at radius 1 is 0.744 bits per heavy atom. The number of carboxylic acids is 3. The standard InChI is InChI=1S/C21H41N5O11S.Gd/c1-38(36,37)22-17(10-16(28)15-27)18(29)11-23-2-4-24(12-19(30)31)6-8-26(14-21(34)35)9-7-25(5-3-23)13-20(32)33;/h16-18,22,27-29H,2-15H2,1H3,(H,30,31)(H,32,33)(H,34,35);. The van der Waals surface area contributed by atoms with Crippen LogP contribution in [0.1, 0.15) is 6.42 Å². The minimum Gasteiger partial charge on any atom is -0.480 e. The van der Waals surface area contributed by atoms with Gasteiger partial charge in [0, 0.05) is 98.8 Å². The second kappa shape index (κ2) is 19.5. The number of rotatable bonds is 14. The minimum absolute atomic E-state index is 0. The van der Waals surface area contributed by atoms with Crippen molar-refractivity contribution in [1.29, 1.82) is 0 Å². The molecule has 0 spiro atoms. The number of hydrogen-bond donors (Lipinski definition) is 7. The second-order valence-corrected chi connectivity index (χ2v) is 11.2. The summed E-state index contributed by atoms with van der Waals surface area (Å²) in [5.74, 6) is -3.21. The van der Waals surface area contributed by atoms with Crippen molar-refractivity contribution in [2.24, 2.45) is 0 Å². The molecule has 1 aliphatic rings. The van der Waals surface area contributed by atoms with Crippen LogP contribution in [0.3, 0.4) is 0 Å². The molecule has 1 saturated heterocycles. The number of nitrogens with one attached hydrogen (secondary N) is 1. The molecule has 230 valence electrons. The number of carboxylic acid groups (broad SMARTS) is 3. The number of β-amino-alcohol motifs (C(OH)–C–C–N with tert-alkyl or cyclic N) is 1. The van der Waals surface area contributed by atoms with E-state index in [0.29, 0.717) is 0 Å². The molecule has 0 aromatic rings. The Balaban J connectivity index is 0.0000144. The zero-order chi connectivity index (χ0) is 28.9. The zero-order valence-corrected chi connectivity index (χ0v) is 25.0. The Hall–Kier alpha value is -0.635. The Labute approximate surface area is 260 Å². The van der Waals surface area contributed by atoms with Crippen LogP contribution < -0.4 is 4.72 Å². The van der Waals surface area contributed by atoms with Crippen molar-refractivity contribution < 1.29 is 93.4 Å². The van der Waals surface area contributed by atoms with Crippen LogP contribution in [0.4, 0.5) is 0 Å². The molecule has 1 aliphatic heterocycles. The van der Waals surface area contributed by atoms with Crippen LogP contribution in [0.25, 0.3) is 0 Å². The first kappa shape index (κ1) is 38.4. The van der Waals surface area contributed by atoms with E-state index < -0.39 is 52.8 Å². The molecule has 16 nitrogen and oxygen atoms in total. The van der Waals surface area contributed by atoms with Gasteiger partial charge in [-0.2, -0.15) is 0 Å². The van der Waals surface area contributed by atoms with Gasteiger partial charge in [0.05, 0.1) is 50.7 Å². The predicted molar refractivity (Wildman–Crippen MR) is 134 cm³/mol. The van der Waals surface area contributed by atoms with Gasteiger partial charge in [0.2, 0.25) is 10.0 Å². The van der Waals surface area contributed by atoms with Gasteiger partial charge in [0.25, 0.3) is 0 Å². The average molecular weight is 729 g/mol. The van der Waals surface area contributed by atoms with Crippen molar-refractivity contribution in [2.45, 2.75) is 24.7 Å². The fraction of sp³-hybridized carbons (Fsp3) is 0.857. The number of carbonyl (C=O) groups is 3. The van der Waals surface area contributed by atoms with Gasteiger partial charge < -0.3 is 30.6 Å². The maximum atomic E-state index is 11.8. The smallest absolute Gasteiger partial charge is 0.317 e. The number of hydrogen-bond acceptors (Lipinski definition) is 12. The third kappa shape index (κ3) is 18.4. The van der Waals surface area contributed by atoms with Crippen molar-refractivity contribution >= 4 is 27.9 Å². The summed E-state index contributed by atoms with van der Waals surface area (Å²) >= 11 is 0. The van der Waals surface area contributed by atoms with Crippen LogP contribution in [0, 0.1) is 39.9 Å². The SMILES string of the molecule is CS(=O)(=O)NC(CC(O)CO)C(O)CN1CCN(CC(=O)O)CCN(CC(=O)O)CCN(CC(=O)O)CC1.[Gd]. The van der Waals surface area contributed by atoms with E-state index in [2.05, 4.69) is 4.72 Å². The molecular formula is C21H41GdN5O11S. The summed E-state index contributed by atoms with van der Waals surface area (Å²) in [5.41, 5.74) is 0. The molecule has 1 rings (SSSR count). The van der Waals surface area contributed by atoms with Crippen LogP contribution in [0.2, 0.25) is 0 Å². The van der Waals surface area contributed by atoms with Crippen LogP contribution in [-0.4, -0.2) is 186 Å². The summed E-state index contributed by atoms with van der Waals surface area (Å²) in [6.45, 7) is 0.253. The molecule has 1 heterocycles. The van der Waals surface area contributed by atoms with Gasteiger partial charge in [-0.15, -0.1) is 0 Å². The average Bonchev–Trinajstić information content (AvgIpc) is 2.78. The number of aliphatic hydroxyl groups is 3. The summed E-state index contributed by atoms with van der Waals surface area (Å²) in [6, 6.07) is -1.12. The normalized spacial score (nSPS) is 20.1. The Bertz CT molecular complexity index is 837. The third-order valence-corrected chi connectivity index (χ3v) is 6.75. The van der Waals surface area contributed by atoms with Gasteiger partial charge in [-0.3, -0.25) is 34.0 Å². The molecule has 0 radical (unpaired) electrons. The molecule has 0 aromatic carbocycles. The van der Waals surface area contributed by atoms with Gasteiger partial charge in [-0.05, 0) is 6.42 Å². The van der Waals surface area contributed by atoms with E-state index in [1.165, 1.54) is 0 Å². The van der Waals surface area contributed by atoms with Crippen LogP contribution in [0.15, 0.2) is 0 Å². The maximum absolute atomic E-state index is 11.8. The Kier molecular flexibility index (Phi) is 19.2. The number of nitrogens with zero attached hydrogens (tertiary/aromatic N) is 4. The van der Waals surface area contributed by atoms with E-state index in [9.17, 15) is 48.3 Å². The molecular weight excluding hydrogens is 688 g/mol. The van der Waals surface area contributed by atoms with E-state index in [1.54, 1.807) is 19.6 Å². The van der Waals surface area contributed by atoms with E-state index in [1.807, 2.05) is 0 Å². The molecule has 0 aliphatic carbocycles. The van der Waals surface area contributed by atoms with Crippen LogP contribution in [-0.2, 0) is 24.4 Å². The molecule has 39 heavy (non-hydrogen) atoms. The Morgan fingerprint density at radius 3 is 1.36 bits per heavy atom. The van der Waals surface area contributed by atoms with E-state index in [4.69, 9.17) is 5.11 Å². The van der Waals surface area contributed by atoms with Gasteiger partial charge in [-0.1, -0.05) is 0 Å². The number of sulfonamides is 1. The van der Waals surface area contributed by atoms with Crippen molar-refractivity contribution in [1.82, 2.24) is 24.3 Å². The molecule has 0 aromatic heterocycles. The van der Waals surface area contributed by atoms with Gasteiger partial charge >= 0.3 is 17.9 Å². The van der Waals surface area contributed by atoms with Crippen molar-refractivity contribution in [3.63, 3.8) is 0 Å². The first-order valence-electron chi connectivity index (χ1n) is 12.2. The second-order valence-electron chi connectivity index (χ2n) is 9.45. The predicted octanol–water partition coefficient (Wildman–Crippen LogP) is -4.52. The minimum atomic E-state index is -3.77. The van der Waals surface area contributed by atoms with Crippen LogP contribution >= 0.6 is 0 Å². The molecule has 1 fully saturated rings. The number of aliphatic hydroxyl groups excluding tert-OH is 3. The van der Waals surface area contributed by atoms with Crippen molar-refractivity contribution in [3.05, 3.63) is 0 Å². The van der Waals surface area contributed by atoms with Gasteiger partial charge in [0.1, 0.15) is 0 Å². The van der Waals surface area contributed by atoms with E-state index in [0.717, 1.165) is 6.26 Å². The molecule has 18 heteroatoms. The van der Waals surface area contributed by atoms with Crippen molar-refractivity contribution in [3.8, 4) is 0 Å². The quantitative estimate of drug-likeness (QED) is 0.0894. The first-order chi connectivity index (χ1) is 17.7. The largest absolute Gasteiger partial charge is 0.480 e. The molecule has 7 N–H and O–H groups in total. The summed E-state index contributed by atoms with van der Waals surface area (Å²) in [4.78, 5) is 40.6. The summed E-state index contributed by atoms with van der Waals surface area (Å²) in [6.07, 6.45) is -1.95. The zero-order valence-electron chi connectivity index (χ0n) is 21.9. The maximum Gasteiger partial charge on any atom is 0.317 e. The summed E-state index contributed by atoms with van der Waals surface area (Å²) in [5, 5.41) is 57.7. The van der Waals surface area contributed by atoms with Gasteiger partial charge in [0.15, 0.2) is 0 Å². The van der Waals surface area contributed by atoms with Gasteiger partial charge in [-0.25, -0.2) is 13.1 Å². The molecule has 3 atom stereocenters. The number of aliphatic carboxylic acids is 3. The molecule has 0 amide bonds. The molecule has 3 unspecified atom stereocenters. The van der Waals surface area contributed by atoms with E-state index in [-0.39, 0.29) is 125 Å². The monoisotopic (exact) mass is 729 g/mol. The van der Waals surface area contributed by atoms with E-state index >= 15 is 0 Å². The fourth-order valence-corrected chi connectivity index (χ4v) is 4.93. The Morgan fingerprint density at radius 2 is 1.08 bits per heavy atom. The summed E-state index contributed by atoms with van der Waals surface area (Å²) < 4.78 is 25.9. The third-order valence-electron chi connectivity index (χ3n) is 6.02. The first-order valence-corrected chi connectivity index (χ1v) is 14.1. The molecule has 0 saturated carbocycles. The fourth-order valence-electron chi connectivity index (χ4n) is 4.13. The van der Waals surface area contributed by atoms with Crippen molar-refractivity contribution in [2.75, 3.05) is 91.4 Å². The van der Waals surface area contributed by atoms with Crippen LogP contribution in [0.5, 0.6) is 0 Å².